The van der Waals surface area contributed by atoms with Crippen LogP contribution >= 0.6 is 8.58 Å². The van der Waals surface area contributed by atoms with Crippen molar-refractivity contribution in [2.75, 3.05) is 7.11 Å². The summed E-state index contributed by atoms with van der Waals surface area (Å²) >= 11 is 0. The average molecular weight is 372 g/mol. The van der Waals surface area contributed by atoms with Crippen LogP contribution < -0.4 is 10.2 Å². The van der Waals surface area contributed by atoms with Gasteiger partial charge in [0.1, 0.15) is 0 Å². The third kappa shape index (κ3) is 4.52. The Morgan fingerprint density at radius 2 is 1.88 bits per heavy atom. The number of hydrogen-bond donors (Lipinski definition) is 0. The molecule has 0 radical (unpaired) electrons. The molecule has 0 aliphatic rings. The number of aryl methyl sites for hydroxylation is 2. The molecule has 0 aliphatic carbocycles. The lowest BCUT2D eigenvalue weighted by atomic mass is 9.91. The van der Waals surface area contributed by atoms with Crippen molar-refractivity contribution < 1.29 is 14.6 Å². The maximum atomic E-state index is 12.1. The number of benzene rings is 2. The SMILES string of the molecule is CCCC(C)(Pc1ccccc1C(C)=O)c1cc(C)cc(C)c1OOC. The van der Waals surface area contributed by atoms with Gasteiger partial charge in [-0.15, -0.1) is 0 Å². The van der Waals surface area contributed by atoms with Crippen LogP contribution in [0.4, 0.5) is 0 Å². The Hall–Kier alpha value is -1.70. The minimum absolute atomic E-state index is 0.112. The summed E-state index contributed by atoms with van der Waals surface area (Å²) in [5.41, 5.74) is 4.23. The minimum Gasteiger partial charge on any atom is -0.337 e. The molecule has 3 nitrogen and oxygen atoms in total. The van der Waals surface area contributed by atoms with Gasteiger partial charge >= 0.3 is 0 Å². The molecular formula is C22H29O3P. The average Bonchev–Trinajstić information content (AvgIpc) is 2.57. The van der Waals surface area contributed by atoms with E-state index in [9.17, 15) is 4.79 Å². The molecule has 0 spiro atoms. The zero-order valence-electron chi connectivity index (χ0n) is 16.6. The monoisotopic (exact) mass is 372 g/mol. The molecule has 0 saturated heterocycles. The van der Waals surface area contributed by atoms with Gasteiger partial charge in [-0.05, 0) is 38.1 Å². The van der Waals surface area contributed by atoms with Crippen molar-refractivity contribution in [2.45, 2.75) is 52.6 Å². The van der Waals surface area contributed by atoms with Crippen LogP contribution in [0.2, 0.25) is 0 Å². The largest absolute Gasteiger partial charge is 0.337 e. The molecule has 2 aromatic carbocycles. The molecule has 4 heteroatoms. The van der Waals surface area contributed by atoms with Gasteiger partial charge in [0.05, 0.1) is 7.11 Å². The Labute approximate surface area is 158 Å². The highest BCUT2D eigenvalue weighted by molar-refractivity contribution is 7.48. The second kappa shape index (κ2) is 8.79. The van der Waals surface area contributed by atoms with E-state index in [-0.39, 0.29) is 10.9 Å². The summed E-state index contributed by atoms with van der Waals surface area (Å²) in [5.74, 6) is 0.905. The van der Waals surface area contributed by atoms with Gasteiger partial charge < -0.3 is 4.89 Å². The normalized spacial score (nSPS) is 13.8. The van der Waals surface area contributed by atoms with Crippen LogP contribution in [0.25, 0.3) is 0 Å². The summed E-state index contributed by atoms with van der Waals surface area (Å²) < 4.78 is 0. The van der Waals surface area contributed by atoms with Gasteiger partial charge in [-0.3, -0.25) is 4.79 Å². The molecule has 0 bridgehead atoms. The number of carbonyl (C=O) groups is 1. The maximum absolute atomic E-state index is 12.1. The van der Waals surface area contributed by atoms with Gasteiger partial charge in [0.25, 0.3) is 0 Å². The van der Waals surface area contributed by atoms with Gasteiger partial charge in [-0.2, -0.15) is 4.89 Å². The molecule has 0 aromatic heterocycles. The molecule has 0 N–H and O–H groups in total. The Kier molecular flexibility index (Phi) is 6.97. The first kappa shape index (κ1) is 20.6. The first-order valence-electron chi connectivity index (χ1n) is 9.03. The van der Waals surface area contributed by atoms with Gasteiger partial charge in [-0.25, -0.2) is 0 Å². The zero-order chi connectivity index (χ0) is 19.3. The molecule has 140 valence electrons. The molecule has 0 amide bonds. The van der Waals surface area contributed by atoms with Crippen molar-refractivity contribution in [3.63, 3.8) is 0 Å². The van der Waals surface area contributed by atoms with Gasteiger partial charge in [0.2, 0.25) is 0 Å². The van der Waals surface area contributed by atoms with E-state index >= 15 is 0 Å². The number of carbonyl (C=O) groups excluding carboxylic acids is 1. The second-order valence-corrected chi connectivity index (χ2v) is 8.91. The standard InChI is InChI=1S/C22H29O3P/c1-7-12-22(5,26-20-11-9-8-10-18(20)17(4)23)19-14-15(2)13-16(3)21(19)25-24-6/h8-11,13-14,26H,7,12H2,1-6H3. The van der Waals surface area contributed by atoms with E-state index in [0.717, 1.165) is 40.6 Å². The Morgan fingerprint density at radius 3 is 2.50 bits per heavy atom. The quantitative estimate of drug-likeness (QED) is 0.267. The summed E-state index contributed by atoms with van der Waals surface area (Å²) in [6.07, 6.45) is 2.05. The topological polar surface area (TPSA) is 35.5 Å². The Morgan fingerprint density at radius 1 is 1.19 bits per heavy atom. The van der Waals surface area contributed by atoms with Crippen molar-refractivity contribution in [3.05, 3.63) is 58.7 Å². The molecule has 0 saturated carbocycles. The molecule has 2 aromatic rings. The fourth-order valence-electron chi connectivity index (χ4n) is 3.52. The van der Waals surface area contributed by atoms with E-state index in [4.69, 9.17) is 9.78 Å². The van der Waals surface area contributed by atoms with Crippen molar-refractivity contribution in [1.82, 2.24) is 0 Å². The summed E-state index contributed by atoms with van der Waals surface area (Å²) in [5, 5.41) is 0.976. The van der Waals surface area contributed by atoms with Crippen LogP contribution in [-0.2, 0) is 10.0 Å². The molecule has 26 heavy (non-hydrogen) atoms. The predicted molar refractivity (Wildman–Crippen MR) is 110 cm³/mol. The zero-order valence-corrected chi connectivity index (χ0v) is 17.6. The Balaban J connectivity index is 2.60. The Bertz CT molecular complexity index is 785. The van der Waals surface area contributed by atoms with E-state index in [2.05, 4.69) is 39.0 Å². The van der Waals surface area contributed by atoms with Gasteiger partial charge in [0.15, 0.2) is 11.5 Å². The molecule has 0 heterocycles. The molecule has 0 aliphatic heterocycles. The molecule has 0 fully saturated rings. The first-order chi connectivity index (χ1) is 12.3. The van der Waals surface area contributed by atoms with Crippen LogP contribution in [0, 0.1) is 13.8 Å². The highest BCUT2D eigenvalue weighted by atomic mass is 31.1. The number of hydrogen-bond acceptors (Lipinski definition) is 3. The summed E-state index contributed by atoms with van der Waals surface area (Å²) in [4.78, 5) is 22.7. The van der Waals surface area contributed by atoms with E-state index in [0.29, 0.717) is 8.58 Å². The van der Waals surface area contributed by atoms with Crippen LogP contribution in [0.1, 0.15) is 60.7 Å². The van der Waals surface area contributed by atoms with Crippen LogP contribution in [0.15, 0.2) is 36.4 Å². The van der Waals surface area contributed by atoms with Crippen molar-refractivity contribution >= 4 is 19.7 Å². The van der Waals surface area contributed by atoms with E-state index in [1.807, 2.05) is 25.1 Å². The summed E-state index contributed by atoms with van der Waals surface area (Å²) in [6.45, 7) is 10.2. The minimum atomic E-state index is -0.134. The smallest absolute Gasteiger partial charge is 0.172 e. The lowest BCUT2D eigenvalue weighted by Gasteiger charge is -2.33. The molecular weight excluding hydrogens is 343 g/mol. The number of ketones is 1. The molecule has 2 unspecified atom stereocenters. The van der Waals surface area contributed by atoms with E-state index in [1.54, 1.807) is 6.92 Å². The number of Topliss-reactive ketones (excluding diaryl/α,β-unsaturated/α-hetero) is 1. The molecule has 2 atom stereocenters. The van der Waals surface area contributed by atoms with Crippen molar-refractivity contribution in [1.29, 1.82) is 0 Å². The highest BCUT2D eigenvalue weighted by Crippen LogP contribution is 2.49. The fourth-order valence-corrected chi connectivity index (χ4v) is 5.38. The molecule has 2 rings (SSSR count). The number of rotatable bonds is 8. The fraction of sp³-hybridized carbons (Fsp3) is 0.409. The van der Waals surface area contributed by atoms with E-state index in [1.165, 1.54) is 12.7 Å². The van der Waals surface area contributed by atoms with Crippen molar-refractivity contribution in [2.24, 2.45) is 0 Å². The predicted octanol–water partition coefficient (Wildman–Crippen LogP) is 5.47. The van der Waals surface area contributed by atoms with Crippen LogP contribution in [0.3, 0.4) is 0 Å². The van der Waals surface area contributed by atoms with E-state index < -0.39 is 0 Å². The lowest BCUT2D eigenvalue weighted by Crippen LogP contribution is -2.23. The van der Waals surface area contributed by atoms with Gasteiger partial charge in [-0.1, -0.05) is 70.8 Å². The van der Waals surface area contributed by atoms with Crippen molar-refractivity contribution in [3.8, 4) is 5.75 Å². The summed E-state index contributed by atoms with van der Waals surface area (Å²) in [7, 11) is 2.00. The van der Waals surface area contributed by atoms with Gasteiger partial charge in [0, 0.05) is 16.3 Å². The maximum Gasteiger partial charge on any atom is 0.172 e. The first-order valence-corrected chi connectivity index (χ1v) is 10.0. The van der Waals surface area contributed by atoms with Crippen LogP contribution in [-0.4, -0.2) is 12.9 Å². The third-order valence-electron chi connectivity index (χ3n) is 4.65. The third-order valence-corrected chi connectivity index (χ3v) is 6.42. The summed E-state index contributed by atoms with van der Waals surface area (Å²) in [6, 6.07) is 12.2. The van der Waals surface area contributed by atoms with Crippen LogP contribution in [0.5, 0.6) is 5.75 Å². The lowest BCUT2D eigenvalue weighted by molar-refractivity contribution is -0.179. The highest BCUT2D eigenvalue weighted by Gasteiger charge is 2.32. The second-order valence-electron chi connectivity index (χ2n) is 7.02.